The van der Waals surface area contributed by atoms with Crippen molar-refractivity contribution in [1.82, 2.24) is 0 Å². The highest BCUT2D eigenvalue weighted by Gasteiger charge is 2.47. The van der Waals surface area contributed by atoms with Crippen LogP contribution in [0.2, 0.25) is 5.02 Å². The van der Waals surface area contributed by atoms with Gasteiger partial charge in [0, 0.05) is 27.0 Å². The lowest BCUT2D eigenvalue weighted by atomic mass is 9.90. The maximum absolute atomic E-state index is 12.8. The molecule has 4 rings (SSSR count). The Morgan fingerprint density at radius 3 is 2.27 bits per heavy atom. The Morgan fingerprint density at radius 2 is 1.58 bits per heavy atom. The molecule has 1 aliphatic rings. The van der Waals surface area contributed by atoms with Crippen molar-refractivity contribution in [2.75, 3.05) is 0 Å². The van der Waals surface area contributed by atoms with Crippen molar-refractivity contribution in [3.8, 4) is 0 Å². The van der Waals surface area contributed by atoms with Crippen molar-refractivity contribution in [3.63, 3.8) is 0 Å². The van der Waals surface area contributed by atoms with Gasteiger partial charge in [-0.3, -0.25) is 0 Å². The summed E-state index contributed by atoms with van der Waals surface area (Å²) in [6.45, 7) is 1.97. The summed E-state index contributed by atoms with van der Waals surface area (Å²) in [4.78, 5) is 18.5. The molecule has 0 saturated heterocycles. The van der Waals surface area contributed by atoms with Gasteiger partial charge in [-0.1, -0.05) is 66.2 Å². The van der Waals surface area contributed by atoms with Crippen LogP contribution in [0.25, 0.3) is 0 Å². The van der Waals surface area contributed by atoms with Crippen LogP contribution in [-0.4, -0.2) is 16.4 Å². The Morgan fingerprint density at radius 1 is 0.923 bits per heavy atom. The second kappa shape index (κ2) is 6.77. The van der Waals surface area contributed by atoms with Gasteiger partial charge in [-0.15, -0.1) is 0 Å². The van der Waals surface area contributed by atoms with E-state index in [4.69, 9.17) is 16.4 Å². The van der Waals surface area contributed by atoms with Crippen LogP contribution in [0.3, 0.4) is 0 Å². The van der Waals surface area contributed by atoms with Crippen LogP contribution in [0.5, 0.6) is 0 Å². The topological polar surface area (TPSA) is 29.3 Å². The standard InChI is InChI=1S/C22H17ClNO2/c1-15-12-13-18(23)14-19(15)24-21(17-10-6-3-7-11-17)20(22(25)26-24)16-8-4-2-5-9-16/h2-14,20H,1H3/q+1. The van der Waals surface area contributed by atoms with E-state index >= 15 is 0 Å². The third-order valence-electron chi connectivity index (χ3n) is 4.50. The first kappa shape index (κ1) is 16.6. The van der Waals surface area contributed by atoms with Gasteiger partial charge in [-0.05, 0) is 30.7 Å². The summed E-state index contributed by atoms with van der Waals surface area (Å²) in [5, 5.41) is 0.595. The number of hydrogen-bond donors (Lipinski definition) is 0. The molecule has 0 N–H and O–H groups in total. The predicted molar refractivity (Wildman–Crippen MR) is 102 cm³/mol. The zero-order valence-electron chi connectivity index (χ0n) is 14.2. The van der Waals surface area contributed by atoms with Crippen molar-refractivity contribution in [3.05, 3.63) is 101 Å². The van der Waals surface area contributed by atoms with E-state index in [2.05, 4.69) is 0 Å². The highest BCUT2D eigenvalue weighted by Crippen LogP contribution is 2.34. The van der Waals surface area contributed by atoms with Gasteiger partial charge in [-0.2, -0.15) is 4.84 Å². The SMILES string of the molecule is Cc1ccc(Cl)cc1[N+]1=C(c2ccccc2)C(c2ccccc2)C(=O)O1. The van der Waals surface area contributed by atoms with Gasteiger partial charge in [0.25, 0.3) is 11.4 Å². The Balaban J connectivity index is 1.98. The molecule has 1 atom stereocenters. The third kappa shape index (κ3) is 2.91. The lowest BCUT2D eigenvalue weighted by molar-refractivity contribution is -0.692. The maximum Gasteiger partial charge on any atom is 0.398 e. The van der Waals surface area contributed by atoms with Crippen LogP contribution in [0.4, 0.5) is 5.69 Å². The number of carbonyl (C=O) groups excluding carboxylic acids is 1. The number of carbonyl (C=O) groups is 1. The smallest absolute Gasteiger partial charge is 0.243 e. The minimum Gasteiger partial charge on any atom is -0.243 e. The summed E-state index contributed by atoms with van der Waals surface area (Å²) >= 11 is 6.20. The summed E-state index contributed by atoms with van der Waals surface area (Å²) in [6, 6.07) is 25.1. The molecular formula is C22H17ClNO2+. The van der Waals surface area contributed by atoms with Crippen LogP contribution in [-0.2, 0) is 9.63 Å². The molecule has 4 heteroatoms. The number of benzene rings is 3. The fourth-order valence-electron chi connectivity index (χ4n) is 3.23. The van der Waals surface area contributed by atoms with E-state index in [1.165, 1.54) is 0 Å². The van der Waals surface area contributed by atoms with Crippen molar-refractivity contribution < 1.29 is 14.4 Å². The first-order valence-corrected chi connectivity index (χ1v) is 8.78. The number of aryl methyl sites for hydroxylation is 1. The summed E-state index contributed by atoms with van der Waals surface area (Å²) in [5.41, 5.74) is 4.38. The van der Waals surface area contributed by atoms with Gasteiger partial charge >= 0.3 is 5.97 Å². The Bertz CT molecular complexity index is 997. The quantitative estimate of drug-likeness (QED) is 0.482. The lowest BCUT2D eigenvalue weighted by Crippen LogP contribution is -2.18. The minimum atomic E-state index is -0.489. The first-order valence-electron chi connectivity index (χ1n) is 8.40. The lowest BCUT2D eigenvalue weighted by Gasteiger charge is -2.06. The first-order chi connectivity index (χ1) is 12.6. The molecule has 1 heterocycles. The molecule has 0 spiro atoms. The number of rotatable bonds is 3. The number of halogens is 1. The van der Waals surface area contributed by atoms with E-state index in [9.17, 15) is 4.79 Å². The average molecular weight is 363 g/mol. The van der Waals surface area contributed by atoms with Gasteiger partial charge in [-0.25, -0.2) is 4.79 Å². The van der Waals surface area contributed by atoms with Crippen molar-refractivity contribution >= 4 is 29.0 Å². The van der Waals surface area contributed by atoms with Crippen LogP contribution >= 0.6 is 11.6 Å². The molecule has 128 valence electrons. The number of nitrogens with zero attached hydrogens (tertiary/aromatic N) is 1. The second-order valence-electron chi connectivity index (χ2n) is 6.23. The molecule has 1 aliphatic heterocycles. The second-order valence-corrected chi connectivity index (χ2v) is 6.67. The maximum atomic E-state index is 12.8. The van der Waals surface area contributed by atoms with E-state index in [0.29, 0.717) is 5.02 Å². The highest BCUT2D eigenvalue weighted by atomic mass is 35.5. The van der Waals surface area contributed by atoms with E-state index < -0.39 is 5.92 Å². The Hall–Kier alpha value is -2.91. The number of hydrogen-bond acceptors (Lipinski definition) is 2. The van der Waals surface area contributed by atoms with E-state index in [1.54, 1.807) is 4.74 Å². The monoisotopic (exact) mass is 362 g/mol. The average Bonchev–Trinajstić information content (AvgIpc) is 3.02. The molecule has 0 fully saturated rings. The summed E-state index contributed by atoms with van der Waals surface area (Å²) in [5.74, 6) is -0.786. The molecule has 0 amide bonds. The van der Waals surface area contributed by atoms with E-state index in [1.807, 2.05) is 85.8 Å². The van der Waals surface area contributed by atoms with Crippen LogP contribution < -0.4 is 0 Å². The molecule has 0 aliphatic carbocycles. The fourth-order valence-corrected chi connectivity index (χ4v) is 3.40. The van der Waals surface area contributed by atoms with Crippen LogP contribution in [0.15, 0.2) is 78.9 Å². The normalized spacial score (nSPS) is 16.7. The zero-order chi connectivity index (χ0) is 18.1. The summed E-state index contributed by atoms with van der Waals surface area (Å²) in [7, 11) is 0. The summed E-state index contributed by atoms with van der Waals surface area (Å²) in [6.07, 6.45) is 0. The minimum absolute atomic E-state index is 0.297. The molecule has 0 bridgehead atoms. The van der Waals surface area contributed by atoms with Gasteiger partial charge in [0.15, 0.2) is 5.92 Å². The molecule has 3 aromatic rings. The molecule has 1 unspecified atom stereocenters. The predicted octanol–water partition coefficient (Wildman–Crippen LogP) is 5.04. The van der Waals surface area contributed by atoms with Gasteiger partial charge < -0.3 is 0 Å². The Labute approximate surface area is 157 Å². The third-order valence-corrected chi connectivity index (χ3v) is 4.74. The Kier molecular flexibility index (Phi) is 4.31. The highest BCUT2D eigenvalue weighted by molar-refractivity contribution is 6.30. The molecular weight excluding hydrogens is 346 g/mol. The molecule has 26 heavy (non-hydrogen) atoms. The van der Waals surface area contributed by atoms with Crippen LogP contribution in [0, 0.1) is 6.92 Å². The molecule has 0 radical (unpaired) electrons. The fraction of sp³-hybridized carbons (Fsp3) is 0.0909. The van der Waals surface area contributed by atoms with Crippen molar-refractivity contribution in [2.45, 2.75) is 12.8 Å². The van der Waals surface area contributed by atoms with Crippen molar-refractivity contribution in [1.29, 1.82) is 0 Å². The van der Waals surface area contributed by atoms with Gasteiger partial charge in [0.1, 0.15) is 0 Å². The molecule has 3 aromatic carbocycles. The largest absolute Gasteiger partial charge is 0.398 e. The molecule has 0 aromatic heterocycles. The van der Waals surface area contributed by atoms with Gasteiger partial charge in [0.2, 0.25) is 0 Å². The van der Waals surface area contributed by atoms with Crippen molar-refractivity contribution in [2.24, 2.45) is 0 Å². The van der Waals surface area contributed by atoms with Crippen LogP contribution in [0.1, 0.15) is 22.6 Å². The van der Waals surface area contributed by atoms with E-state index in [-0.39, 0.29) is 5.97 Å². The van der Waals surface area contributed by atoms with Gasteiger partial charge in [0.05, 0.1) is 0 Å². The summed E-state index contributed by atoms with van der Waals surface area (Å²) < 4.78 is 1.62. The zero-order valence-corrected chi connectivity index (χ0v) is 15.0. The molecule has 3 nitrogen and oxygen atoms in total. The van der Waals surface area contributed by atoms with E-state index in [0.717, 1.165) is 28.1 Å². The molecule has 0 saturated carbocycles.